The van der Waals surface area contributed by atoms with Gasteiger partial charge in [0.1, 0.15) is 0 Å². The Balaban J connectivity index is 0.000000306. The fourth-order valence-electron chi connectivity index (χ4n) is 1.86. The van der Waals surface area contributed by atoms with Crippen LogP contribution in [0.5, 0.6) is 0 Å². The maximum absolute atomic E-state index is 9.00. The quantitative estimate of drug-likeness (QED) is 0.367. The number of aliphatic carboxylic acids is 2. The lowest BCUT2D eigenvalue weighted by Gasteiger charge is -2.03. The Kier molecular flexibility index (Phi) is 6.49. The molecule has 3 aromatic rings. The van der Waals surface area contributed by atoms with Crippen LogP contribution in [0.15, 0.2) is 42.5 Å². The summed E-state index contributed by atoms with van der Waals surface area (Å²) in [6.07, 6.45) is 0. The van der Waals surface area contributed by atoms with Gasteiger partial charge in [0, 0.05) is 36.0 Å². The molecule has 1 heterocycles. The van der Waals surface area contributed by atoms with Crippen LogP contribution in [-0.2, 0) is 9.59 Å². The zero-order valence-corrected chi connectivity index (χ0v) is 13.4. The second-order valence-corrected chi connectivity index (χ2v) is 4.93. The molecule has 126 valence electrons. The molecule has 0 spiro atoms. The summed E-state index contributed by atoms with van der Waals surface area (Å²) in [6, 6.07) is 13.6. The molecule has 0 unspecified atom stereocenters. The molecule has 0 amide bonds. The van der Waals surface area contributed by atoms with Gasteiger partial charge in [0.25, 0.3) is 11.9 Å². The second kappa shape index (κ2) is 8.33. The third-order valence-electron chi connectivity index (χ3n) is 2.66. The number of carboxylic acid groups (broad SMARTS) is 2. The van der Waals surface area contributed by atoms with Crippen molar-refractivity contribution < 1.29 is 19.8 Å². The Bertz CT molecular complexity index is 801. The summed E-state index contributed by atoms with van der Waals surface area (Å²) >= 11 is 0. The lowest BCUT2D eigenvalue weighted by molar-refractivity contribution is -0.135. The van der Waals surface area contributed by atoms with Gasteiger partial charge in [0.05, 0.1) is 11.0 Å². The van der Waals surface area contributed by atoms with Crippen LogP contribution < -0.4 is 11.5 Å². The third kappa shape index (κ3) is 6.18. The van der Waals surface area contributed by atoms with E-state index in [1.165, 1.54) is 0 Å². The van der Waals surface area contributed by atoms with Crippen molar-refractivity contribution >= 4 is 45.1 Å². The zero-order valence-electron chi connectivity index (χ0n) is 13.4. The van der Waals surface area contributed by atoms with E-state index in [1.807, 2.05) is 36.4 Å². The largest absolute Gasteiger partial charge is 0.481 e. The number of benzene rings is 2. The van der Waals surface area contributed by atoms with Crippen molar-refractivity contribution in [2.75, 3.05) is 11.5 Å². The Morgan fingerprint density at radius 3 is 1.46 bits per heavy atom. The molecule has 7 nitrogen and oxygen atoms in total. The van der Waals surface area contributed by atoms with Crippen LogP contribution in [0.25, 0.3) is 21.8 Å². The van der Waals surface area contributed by atoms with Gasteiger partial charge in [-0.05, 0) is 30.3 Å². The number of nitrogens with zero attached hydrogens (tertiary/aromatic N) is 1. The fourth-order valence-corrected chi connectivity index (χ4v) is 1.86. The maximum atomic E-state index is 9.00. The molecule has 7 heteroatoms. The molecule has 0 bridgehead atoms. The van der Waals surface area contributed by atoms with Crippen LogP contribution in [0, 0.1) is 0 Å². The Labute approximate surface area is 138 Å². The molecular formula is C17H19N3O4. The third-order valence-corrected chi connectivity index (χ3v) is 2.66. The second-order valence-electron chi connectivity index (χ2n) is 4.93. The number of carboxylic acids is 2. The van der Waals surface area contributed by atoms with E-state index in [9.17, 15) is 0 Å². The van der Waals surface area contributed by atoms with Gasteiger partial charge in [0.2, 0.25) is 0 Å². The van der Waals surface area contributed by atoms with Crippen molar-refractivity contribution in [1.82, 2.24) is 4.98 Å². The van der Waals surface area contributed by atoms with E-state index < -0.39 is 11.9 Å². The average Bonchev–Trinajstić information content (AvgIpc) is 2.44. The van der Waals surface area contributed by atoms with Crippen LogP contribution >= 0.6 is 0 Å². The summed E-state index contributed by atoms with van der Waals surface area (Å²) < 4.78 is 0. The van der Waals surface area contributed by atoms with Gasteiger partial charge in [-0.25, -0.2) is 4.98 Å². The van der Waals surface area contributed by atoms with E-state index in [4.69, 9.17) is 31.3 Å². The molecule has 0 aliphatic heterocycles. The van der Waals surface area contributed by atoms with Gasteiger partial charge < -0.3 is 21.7 Å². The standard InChI is InChI=1S/C13H11N3.2C2H4O2/c14-10-3-1-8-5-9-2-4-11(15)7-13(9)16-12(8)6-10;2*1-2(3)4/h1-7H,14-15H2;2*1H3,(H,3,4). The van der Waals surface area contributed by atoms with Crippen molar-refractivity contribution in [1.29, 1.82) is 0 Å². The highest BCUT2D eigenvalue weighted by atomic mass is 16.4. The summed E-state index contributed by atoms with van der Waals surface area (Å²) in [5, 5.41) is 17.0. The predicted octanol–water partition coefficient (Wildman–Crippen LogP) is 2.73. The number of fused-ring (bicyclic) bond motifs is 2. The molecule has 0 saturated carbocycles. The van der Waals surface area contributed by atoms with Gasteiger partial charge in [-0.15, -0.1) is 0 Å². The summed E-state index contributed by atoms with van der Waals surface area (Å²) in [4.78, 5) is 22.5. The van der Waals surface area contributed by atoms with Gasteiger partial charge >= 0.3 is 0 Å². The highest BCUT2D eigenvalue weighted by Crippen LogP contribution is 2.22. The van der Waals surface area contributed by atoms with Gasteiger partial charge in [-0.3, -0.25) is 9.59 Å². The van der Waals surface area contributed by atoms with E-state index in [2.05, 4.69) is 11.1 Å². The van der Waals surface area contributed by atoms with E-state index in [0.717, 1.165) is 47.0 Å². The Hall–Kier alpha value is -3.35. The first-order chi connectivity index (χ1) is 11.2. The van der Waals surface area contributed by atoms with Crippen LogP contribution in [0.1, 0.15) is 13.8 Å². The molecule has 0 fully saturated rings. The monoisotopic (exact) mass is 329 g/mol. The Morgan fingerprint density at radius 1 is 0.792 bits per heavy atom. The first-order valence-corrected chi connectivity index (χ1v) is 6.93. The summed E-state index contributed by atoms with van der Waals surface area (Å²) in [5.41, 5.74) is 14.7. The highest BCUT2D eigenvalue weighted by molar-refractivity contribution is 5.94. The number of hydrogen-bond donors (Lipinski definition) is 4. The van der Waals surface area contributed by atoms with Crippen LogP contribution in [0.4, 0.5) is 11.4 Å². The van der Waals surface area contributed by atoms with Crippen LogP contribution in [0.3, 0.4) is 0 Å². The van der Waals surface area contributed by atoms with Gasteiger partial charge in [0.15, 0.2) is 0 Å². The lowest BCUT2D eigenvalue weighted by atomic mass is 10.1. The minimum absolute atomic E-state index is 0.725. The molecular weight excluding hydrogens is 310 g/mol. The molecule has 1 aromatic heterocycles. The smallest absolute Gasteiger partial charge is 0.300 e. The highest BCUT2D eigenvalue weighted by Gasteiger charge is 2.00. The summed E-state index contributed by atoms with van der Waals surface area (Å²) in [7, 11) is 0. The molecule has 0 aliphatic carbocycles. The van der Waals surface area contributed by atoms with E-state index in [1.54, 1.807) is 0 Å². The maximum Gasteiger partial charge on any atom is 0.300 e. The first-order valence-electron chi connectivity index (χ1n) is 6.93. The minimum atomic E-state index is -0.833. The molecule has 0 aliphatic rings. The van der Waals surface area contributed by atoms with E-state index in [-0.39, 0.29) is 0 Å². The van der Waals surface area contributed by atoms with E-state index >= 15 is 0 Å². The van der Waals surface area contributed by atoms with Gasteiger partial charge in [-0.2, -0.15) is 0 Å². The Morgan fingerprint density at radius 2 is 1.12 bits per heavy atom. The summed E-state index contributed by atoms with van der Waals surface area (Å²) in [5.74, 6) is -1.67. The number of nitrogen functional groups attached to an aromatic ring is 2. The molecule has 0 radical (unpaired) electrons. The summed E-state index contributed by atoms with van der Waals surface area (Å²) in [6.45, 7) is 2.17. The van der Waals surface area contributed by atoms with Crippen molar-refractivity contribution in [3.8, 4) is 0 Å². The average molecular weight is 329 g/mol. The number of aromatic nitrogens is 1. The number of carbonyl (C=O) groups is 2. The van der Waals surface area contributed by atoms with Crippen LogP contribution in [-0.4, -0.2) is 27.1 Å². The van der Waals surface area contributed by atoms with Crippen molar-refractivity contribution in [2.45, 2.75) is 13.8 Å². The predicted molar refractivity (Wildman–Crippen MR) is 94.7 cm³/mol. The molecule has 24 heavy (non-hydrogen) atoms. The number of rotatable bonds is 0. The number of nitrogens with two attached hydrogens (primary N) is 2. The zero-order chi connectivity index (χ0) is 18.3. The minimum Gasteiger partial charge on any atom is -0.481 e. The number of pyridine rings is 1. The molecule has 6 N–H and O–H groups in total. The van der Waals surface area contributed by atoms with Crippen molar-refractivity contribution in [3.05, 3.63) is 42.5 Å². The van der Waals surface area contributed by atoms with Crippen molar-refractivity contribution in [2.24, 2.45) is 0 Å². The van der Waals surface area contributed by atoms with Crippen LogP contribution in [0.2, 0.25) is 0 Å². The topological polar surface area (TPSA) is 140 Å². The first kappa shape index (κ1) is 18.7. The lowest BCUT2D eigenvalue weighted by Crippen LogP contribution is -1.89. The normalized spacial score (nSPS) is 9.42. The fraction of sp³-hybridized carbons (Fsp3) is 0.118. The molecule has 2 aromatic carbocycles. The number of anilines is 2. The SMILES string of the molecule is CC(=O)O.CC(=O)O.Nc1ccc2cc3ccc(N)cc3nc2c1. The van der Waals surface area contributed by atoms with E-state index in [0.29, 0.717) is 0 Å². The number of hydrogen-bond acceptors (Lipinski definition) is 5. The molecule has 3 rings (SSSR count). The van der Waals surface area contributed by atoms with Gasteiger partial charge in [-0.1, -0.05) is 12.1 Å². The van der Waals surface area contributed by atoms with Crippen molar-refractivity contribution in [3.63, 3.8) is 0 Å². The molecule has 0 atom stereocenters. The molecule has 0 saturated heterocycles.